The molecule has 0 bridgehead atoms. The Hall–Kier alpha value is -2.04. The lowest BCUT2D eigenvalue weighted by Crippen LogP contribution is -2.29. The molecule has 1 rings (SSSR count). The molecule has 22 heavy (non-hydrogen) atoms. The third kappa shape index (κ3) is 8.29. The van der Waals surface area contributed by atoms with Gasteiger partial charge in [-0.1, -0.05) is 31.9 Å². The van der Waals surface area contributed by atoms with Crippen LogP contribution in [0.25, 0.3) is 0 Å². The number of hydrogen-bond donors (Lipinski definition) is 1. The number of carboxylic acids is 1. The van der Waals surface area contributed by atoms with Crippen LogP contribution in [0.2, 0.25) is 0 Å². The van der Waals surface area contributed by atoms with Gasteiger partial charge in [-0.25, -0.2) is 0 Å². The number of carboxylic acid groups (broad SMARTS) is 1. The van der Waals surface area contributed by atoms with Gasteiger partial charge < -0.3 is 20.0 Å². The molecule has 1 aromatic rings. The lowest BCUT2D eigenvalue weighted by molar-refractivity contribution is -0.305. The lowest BCUT2D eigenvalue weighted by Gasteiger charge is -2.08. The van der Waals surface area contributed by atoms with Crippen LogP contribution in [-0.2, 0) is 16.0 Å². The molecule has 5 heteroatoms. The molecule has 122 valence electrons. The number of amides is 1. The highest BCUT2D eigenvalue weighted by molar-refractivity contribution is 5.79. The SMILES string of the molecule is CCCCCOc1ccc(CCNC(=O)CCC(=O)[O-])cc1. The van der Waals surface area contributed by atoms with Gasteiger partial charge in [-0.3, -0.25) is 4.79 Å². The van der Waals surface area contributed by atoms with Gasteiger partial charge in [0.15, 0.2) is 0 Å². The standard InChI is InChI=1S/C17H25NO4/c1-2-3-4-13-22-15-7-5-14(6-8-15)11-12-18-16(19)9-10-17(20)21/h5-8H,2-4,9-13H2,1H3,(H,18,19)(H,20,21)/p-1. The number of hydrogen-bond acceptors (Lipinski definition) is 4. The van der Waals surface area contributed by atoms with E-state index >= 15 is 0 Å². The molecule has 0 spiro atoms. The topological polar surface area (TPSA) is 78.5 Å². The van der Waals surface area contributed by atoms with Gasteiger partial charge in [0, 0.05) is 18.9 Å². The molecule has 0 heterocycles. The minimum absolute atomic E-state index is 0.0349. The van der Waals surface area contributed by atoms with Gasteiger partial charge >= 0.3 is 0 Å². The van der Waals surface area contributed by atoms with Gasteiger partial charge in [0.25, 0.3) is 0 Å². The van der Waals surface area contributed by atoms with Crippen LogP contribution in [0.3, 0.4) is 0 Å². The van der Waals surface area contributed by atoms with Crippen molar-refractivity contribution < 1.29 is 19.4 Å². The molecule has 0 fully saturated rings. The van der Waals surface area contributed by atoms with Crippen LogP contribution in [0, 0.1) is 0 Å². The Morgan fingerprint density at radius 3 is 2.50 bits per heavy atom. The summed E-state index contributed by atoms with van der Waals surface area (Å²) in [6.45, 7) is 3.39. The Labute approximate surface area is 131 Å². The van der Waals surface area contributed by atoms with Crippen molar-refractivity contribution in [2.24, 2.45) is 0 Å². The summed E-state index contributed by atoms with van der Waals surface area (Å²) in [5, 5.41) is 12.9. The summed E-state index contributed by atoms with van der Waals surface area (Å²) in [4.78, 5) is 21.6. The molecule has 0 atom stereocenters. The first kappa shape index (κ1) is 18.0. The molecule has 1 aromatic carbocycles. The third-order valence-corrected chi connectivity index (χ3v) is 3.23. The Morgan fingerprint density at radius 1 is 1.14 bits per heavy atom. The van der Waals surface area contributed by atoms with Crippen LogP contribution < -0.4 is 15.2 Å². The van der Waals surface area contributed by atoms with E-state index in [0.29, 0.717) is 13.0 Å². The highest BCUT2D eigenvalue weighted by Gasteiger charge is 2.01. The smallest absolute Gasteiger partial charge is 0.220 e. The first-order valence-corrected chi connectivity index (χ1v) is 7.80. The summed E-state index contributed by atoms with van der Waals surface area (Å²) in [7, 11) is 0. The summed E-state index contributed by atoms with van der Waals surface area (Å²) in [6, 6.07) is 7.81. The van der Waals surface area contributed by atoms with E-state index in [1.54, 1.807) is 0 Å². The van der Waals surface area contributed by atoms with Crippen LogP contribution in [-0.4, -0.2) is 25.0 Å². The largest absolute Gasteiger partial charge is 0.550 e. The van der Waals surface area contributed by atoms with E-state index in [1.807, 2.05) is 24.3 Å². The van der Waals surface area contributed by atoms with Crippen molar-refractivity contribution in [3.05, 3.63) is 29.8 Å². The first-order chi connectivity index (χ1) is 10.6. The predicted molar refractivity (Wildman–Crippen MR) is 82.4 cm³/mol. The molecular weight excluding hydrogens is 282 g/mol. The first-order valence-electron chi connectivity index (χ1n) is 7.80. The normalized spacial score (nSPS) is 10.2. The van der Waals surface area contributed by atoms with E-state index in [9.17, 15) is 14.7 Å². The number of aliphatic carboxylic acids is 1. The van der Waals surface area contributed by atoms with Crippen molar-refractivity contribution in [1.82, 2.24) is 5.32 Å². The van der Waals surface area contributed by atoms with E-state index in [-0.39, 0.29) is 18.7 Å². The predicted octanol–water partition coefficient (Wildman–Crippen LogP) is 1.44. The maximum Gasteiger partial charge on any atom is 0.220 e. The van der Waals surface area contributed by atoms with Crippen LogP contribution >= 0.6 is 0 Å². The molecule has 0 aliphatic carbocycles. The molecule has 0 saturated carbocycles. The fourth-order valence-electron chi connectivity index (χ4n) is 1.94. The van der Waals surface area contributed by atoms with Crippen molar-refractivity contribution in [3.8, 4) is 5.75 Å². The summed E-state index contributed by atoms with van der Waals surface area (Å²) in [5.41, 5.74) is 1.10. The molecule has 1 N–H and O–H groups in total. The van der Waals surface area contributed by atoms with E-state index < -0.39 is 5.97 Å². The Bertz CT molecular complexity index is 456. The van der Waals surface area contributed by atoms with Crippen molar-refractivity contribution in [2.75, 3.05) is 13.2 Å². The van der Waals surface area contributed by atoms with E-state index in [4.69, 9.17) is 4.74 Å². The molecular formula is C17H24NO4-. The summed E-state index contributed by atoms with van der Waals surface area (Å²) < 4.78 is 5.63. The van der Waals surface area contributed by atoms with E-state index in [1.165, 1.54) is 12.8 Å². The molecule has 5 nitrogen and oxygen atoms in total. The minimum Gasteiger partial charge on any atom is -0.550 e. The Morgan fingerprint density at radius 2 is 1.86 bits per heavy atom. The number of carbonyl (C=O) groups excluding carboxylic acids is 2. The van der Waals surface area contributed by atoms with Gasteiger partial charge in [-0.05, 0) is 37.0 Å². The van der Waals surface area contributed by atoms with Crippen molar-refractivity contribution in [1.29, 1.82) is 0 Å². The summed E-state index contributed by atoms with van der Waals surface area (Å²) in [5.74, 6) is -0.609. The molecule has 1 amide bonds. The number of nitrogens with one attached hydrogen (secondary N) is 1. The molecule has 0 aromatic heterocycles. The number of rotatable bonds is 11. The number of unbranched alkanes of at least 4 members (excludes halogenated alkanes) is 2. The zero-order valence-corrected chi connectivity index (χ0v) is 13.1. The fraction of sp³-hybridized carbons (Fsp3) is 0.529. The van der Waals surface area contributed by atoms with Gasteiger partial charge in [0.05, 0.1) is 6.61 Å². The van der Waals surface area contributed by atoms with Crippen LogP contribution in [0.1, 0.15) is 44.6 Å². The molecule has 0 aliphatic rings. The second kappa shape index (κ2) is 10.7. The molecule has 0 radical (unpaired) electrons. The van der Waals surface area contributed by atoms with Gasteiger partial charge in [0.1, 0.15) is 5.75 Å². The van der Waals surface area contributed by atoms with Crippen molar-refractivity contribution >= 4 is 11.9 Å². The number of ether oxygens (including phenoxy) is 1. The highest BCUT2D eigenvalue weighted by atomic mass is 16.5. The van der Waals surface area contributed by atoms with E-state index in [0.717, 1.165) is 24.3 Å². The van der Waals surface area contributed by atoms with Gasteiger partial charge in [-0.15, -0.1) is 0 Å². The molecule has 0 aliphatic heterocycles. The van der Waals surface area contributed by atoms with Crippen LogP contribution in [0.5, 0.6) is 5.75 Å². The maximum atomic E-state index is 11.3. The van der Waals surface area contributed by atoms with Crippen LogP contribution in [0.15, 0.2) is 24.3 Å². The van der Waals surface area contributed by atoms with Crippen molar-refractivity contribution in [2.45, 2.75) is 45.4 Å². The molecule has 0 unspecified atom stereocenters. The Balaban J connectivity index is 2.21. The quantitative estimate of drug-likeness (QED) is 0.628. The minimum atomic E-state index is -1.20. The lowest BCUT2D eigenvalue weighted by atomic mass is 10.1. The highest BCUT2D eigenvalue weighted by Crippen LogP contribution is 2.13. The number of carbonyl (C=O) groups is 2. The summed E-state index contributed by atoms with van der Waals surface area (Å²) in [6.07, 6.45) is 3.85. The Kier molecular flexibility index (Phi) is 8.72. The monoisotopic (exact) mass is 306 g/mol. The molecule has 0 saturated heterocycles. The van der Waals surface area contributed by atoms with Crippen molar-refractivity contribution in [3.63, 3.8) is 0 Å². The second-order valence-electron chi connectivity index (χ2n) is 5.17. The zero-order valence-electron chi connectivity index (χ0n) is 13.1. The average molecular weight is 306 g/mol. The number of benzene rings is 1. The average Bonchev–Trinajstić information content (AvgIpc) is 2.51. The van der Waals surface area contributed by atoms with Gasteiger partial charge in [0.2, 0.25) is 5.91 Å². The fourth-order valence-corrected chi connectivity index (χ4v) is 1.94. The van der Waals surface area contributed by atoms with Crippen LogP contribution in [0.4, 0.5) is 0 Å². The second-order valence-corrected chi connectivity index (χ2v) is 5.17. The van der Waals surface area contributed by atoms with E-state index in [2.05, 4.69) is 12.2 Å². The summed E-state index contributed by atoms with van der Waals surface area (Å²) >= 11 is 0. The third-order valence-electron chi connectivity index (χ3n) is 3.23. The zero-order chi connectivity index (χ0) is 16.2. The maximum absolute atomic E-state index is 11.3. The van der Waals surface area contributed by atoms with Gasteiger partial charge in [-0.2, -0.15) is 0 Å².